The lowest BCUT2D eigenvalue weighted by atomic mass is 9.81. The number of hydrogen-bond donors (Lipinski definition) is 1. The molecule has 13 heavy (non-hydrogen) atoms. The summed E-state index contributed by atoms with van der Waals surface area (Å²) in [5.41, 5.74) is 0. The maximum Gasteiger partial charge on any atom is 0.407 e. The Bertz CT molecular complexity index is 195. The number of carbonyl (C=O) groups is 1. The molecule has 2 aliphatic heterocycles. The van der Waals surface area contributed by atoms with E-state index in [-0.39, 0.29) is 0 Å². The molecule has 0 aromatic heterocycles. The molecule has 2 rings (SSSR count). The zero-order chi connectivity index (χ0) is 9.26. The Morgan fingerprint density at radius 1 is 1.23 bits per heavy atom. The quantitative estimate of drug-likeness (QED) is 0.663. The van der Waals surface area contributed by atoms with Crippen LogP contribution in [0.25, 0.3) is 0 Å². The van der Waals surface area contributed by atoms with Crippen LogP contribution in [0.4, 0.5) is 4.79 Å². The molecule has 0 spiro atoms. The SMILES string of the molecule is O=C(O)N1CC(C2CCOCC2)C1. The smallest absolute Gasteiger partial charge is 0.407 e. The van der Waals surface area contributed by atoms with Crippen molar-refractivity contribution in [1.29, 1.82) is 0 Å². The van der Waals surface area contributed by atoms with Crippen LogP contribution in [0, 0.1) is 11.8 Å². The second kappa shape index (κ2) is 3.54. The normalized spacial score (nSPS) is 25.7. The van der Waals surface area contributed by atoms with Crippen LogP contribution in [0.2, 0.25) is 0 Å². The Labute approximate surface area is 77.5 Å². The maximum absolute atomic E-state index is 10.5. The number of likely N-dealkylation sites (tertiary alicyclic amines) is 1. The Hall–Kier alpha value is -0.770. The van der Waals surface area contributed by atoms with Crippen molar-refractivity contribution in [2.45, 2.75) is 12.8 Å². The van der Waals surface area contributed by atoms with E-state index in [1.54, 1.807) is 0 Å². The van der Waals surface area contributed by atoms with Crippen molar-refractivity contribution in [2.75, 3.05) is 26.3 Å². The molecule has 1 amide bonds. The Kier molecular flexibility index (Phi) is 2.40. The van der Waals surface area contributed by atoms with E-state index in [0.717, 1.165) is 39.1 Å². The van der Waals surface area contributed by atoms with Gasteiger partial charge in [0.2, 0.25) is 0 Å². The van der Waals surface area contributed by atoms with Crippen LogP contribution in [0.5, 0.6) is 0 Å². The monoisotopic (exact) mass is 185 g/mol. The first kappa shape index (κ1) is 8.81. The molecule has 4 nitrogen and oxygen atoms in total. The van der Waals surface area contributed by atoms with Crippen LogP contribution in [0.3, 0.4) is 0 Å². The summed E-state index contributed by atoms with van der Waals surface area (Å²) in [6, 6.07) is 0. The van der Waals surface area contributed by atoms with Crippen LogP contribution in [-0.4, -0.2) is 42.4 Å². The molecule has 74 valence electrons. The maximum atomic E-state index is 10.5. The van der Waals surface area contributed by atoms with E-state index in [2.05, 4.69) is 0 Å². The summed E-state index contributed by atoms with van der Waals surface area (Å²) in [5, 5.41) is 8.65. The predicted molar refractivity (Wildman–Crippen MR) is 46.6 cm³/mol. The van der Waals surface area contributed by atoms with Gasteiger partial charge in [0, 0.05) is 26.3 Å². The Morgan fingerprint density at radius 3 is 2.38 bits per heavy atom. The number of nitrogens with zero attached hydrogens (tertiary/aromatic N) is 1. The van der Waals surface area contributed by atoms with Gasteiger partial charge in [-0.05, 0) is 24.7 Å². The highest BCUT2D eigenvalue weighted by Gasteiger charge is 2.36. The fraction of sp³-hybridized carbons (Fsp3) is 0.889. The summed E-state index contributed by atoms with van der Waals surface area (Å²) < 4.78 is 5.26. The Morgan fingerprint density at radius 2 is 1.85 bits per heavy atom. The van der Waals surface area contributed by atoms with E-state index in [4.69, 9.17) is 9.84 Å². The molecule has 0 saturated carbocycles. The van der Waals surface area contributed by atoms with Gasteiger partial charge in [-0.15, -0.1) is 0 Å². The van der Waals surface area contributed by atoms with Gasteiger partial charge in [-0.2, -0.15) is 0 Å². The zero-order valence-electron chi connectivity index (χ0n) is 7.61. The molecule has 2 aliphatic rings. The third-order valence-corrected chi connectivity index (χ3v) is 3.11. The van der Waals surface area contributed by atoms with Crippen molar-refractivity contribution in [3.05, 3.63) is 0 Å². The summed E-state index contributed by atoms with van der Waals surface area (Å²) in [6.45, 7) is 3.18. The highest BCUT2D eigenvalue weighted by molar-refractivity contribution is 5.66. The average Bonchev–Trinajstić information content (AvgIpc) is 2.02. The molecule has 4 heteroatoms. The van der Waals surface area contributed by atoms with Gasteiger partial charge in [-0.3, -0.25) is 0 Å². The van der Waals surface area contributed by atoms with Crippen LogP contribution in [-0.2, 0) is 4.74 Å². The van der Waals surface area contributed by atoms with Crippen LogP contribution < -0.4 is 0 Å². The number of amides is 1. The lowest BCUT2D eigenvalue weighted by molar-refractivity contribution is -0.00134. The number of carboxylic acid groups (broad SMARTS) is 1. The molecule has 2 fully saturated rings. The lowest BCUT2D eigenvalue weighted by Gasteiger charge is -2.42. The fourth-order valence-electron chi connectivity index (χ4n) is 2.15. The minimum absolute atomic E-state index is 0.597. The standard InChI is InChI=1S/C9H15NO3/c11-9(12)10-5-8(6-10)7-1-3-13-4-2-7/h7-8H,1-6H2,(H,11,12). The molecular weight excluding hydrogens is 170 g/mol. The molecule has 0 unspecified atom stereocenters. The second-order valence-corrected chi connectivity index (χ2v) is 3.90. The average molecular weight is 185 g/mol. The summed E-state index contributed by atoms with van der Waals surface area (Å²) >= 11 is 0. The minimum atomic E-state index is -0.775. The van der Waals surface area contributed by atoms with E-state index in [1.165, 1.54) is 4.90 Å². The van der Waals surface area contributed by atoms with E-state index in [9.17, 15) is 4.79 Å². The number of ether oxygens (including phenoxy) is 1. The van der Waals surface area contributed by atoms with E-state index in [1.807, 2.05) is 0 Å². The van der Waals surface area contributed by atoms with Gasteiger partial charge in [0.1, 0.15) is 0 Å². The molecule has 2 saturated heterocycles. The Balaban J connectivity index is 1.75. The summed E-state index contributed by atoms with van der Waals surface area (Å²) in [6.07, 6.45) is 1.44. The summed E-state index contributed by atoms with van der Waals surface area (Å²) in [4.78, 5) is 12.0. The van der Waals surface area contributed by atoms with Crippen molar-refractivity contribution < 1.29 is 14.6 Å². The fourth-order valence-corrected chi connectivity index (χ4v) is 2.15. The molecule has 2 heterocycles. The second-order valence-electron chi connectivity index (χ2n) is 3.90. The van der Waals surface area contributed by atoms with Gasteiger partial charge in [0.05, 0.1) is 0 Å². The van der Waals surface area contributed by atoms with Gasteiger partial charge < -0.3 is 14.7 Å². The topological polar surface area (TPSA) is 49.8 Å². The summed E-state index contributed by atoms with van der Waals surface area (Å²) in [5.74, 6) is 1.30. The number of hydrogen-bond acceptors (Lipinski definition) is 2. The van der Waals surface area contributed by atoms with Crippen molar-refractivity contribution in [3.8, 4) is 0 Å². The van der Waals surface area contributed by atoms with E-state index < -0.39 is 6.09 Å². The van der Waals surface area contributed by atoms with Crippen molar-refractivity contribution in [3.63, 3.8) is 0 Å². The first-order valence-corrected chi connectivity index (χ1v) is 4.83. The van der Waals surface area contributed by atoms with Gasteiger partial charge in [0.25, 0.3) is 0 Å². The first-order chi connectivity index (χ1) is 6.27. The van der Waals surface area contributed by atoms with Crippen LogP contribution in [0.1, 0.15) is 12.8 Å². The van der Waals surface area contributed by atoms with Gasteiger partial charge in [-0.1, -0.05) is 0 Å². The third kappa shape index (κ3) is 1.77. The van der Waals surface area contributed by atoms with Crippen LogP contribution in [0.15, 0.2) is 0 Å². The molecule has 0 atom stereocenters. The molecule has 0 bridgehead atoms. The molecule has 0 radical (unpaired) electrons. The molecular formula is C9H15NO3. The van der Waals surface area contributed by atoms with Crippen molar-refractivity contribution in [1.82, 2.24) is 4.90 Å². The zero-order valence-corrected chi connectivity index (χ0v) is 7.61. The van der Waals surface area contributed by atoms with E-state index in [0.29, 0.717) is 11.8 Å². The third-order valence-electron chi connectivity index (χ3n) is 3.11. The van der Waals surface area contributed by atoms with Gasteiger partial charge in [-0.25, -0.2) is 4.79 Å². The van der Waals surface area contributed by atoms with Gasteiger partial charge in [0.15, 0.2) is 0 Å². The number of rotatable bonds is 1. The van der Waals surface area contributed by atoms with Crippen LogP contribution >= 0.6 is 0 Å². The largest absolute Gasteiger partial charge is 0.465 e. The van der Waals surface area contributed by atoms with Gasteiger partial charge >= 0.3 is 6.09 Å². The molecule has 0 aliphatic carbocycles. The minimum Gasteiger partial charge on any atom is -0.465 e. The highest BCUT2D eigenvalue weighted by Crippen LogP contribution is 2.30. The molecule has 0 aromatic rings. The van der Waals surface area contributed by atoms with Crippen molar-refractivity contribution in [2.24, 2.45) is 11.8 Å². The molecule has 1 N–H and O–H groups in total. The highest BCUT2D eigenvalue weighted by atomic mass is 16.5. The first-order valence-electron chi connectivity index (χ1n) is 4.83. The van der Waals surface area contributed by atoms with E-state index >= 15 is 0 Å². The predicted octanol–water partition coefficient (Wildman–Crippen LogP) is 1.02. The molecule has 0 aromatic carbocycles. The lowest BCUT2D eigenvalue weighted by Crippen LogP contribution is -2.52. The van der Waals surface area contributed by atoms with Crippen molar-refractivity contribution >= 4 is 6.09 Å². The summed E-state index contributed by atoms with van der Waals surface area (Å²) in [7, 11) is 0.